The van der Waals surface area contributed by atoms with Gasteiger partial charge >= 0.3 is 0 Å². The van der Waals surface area contributed by atoms with Crippen molar-refractivity contribution in [1.29, 1.82) is 0 Å². The largest absolute Gasteiger partial charge is 0.327 e. The molecule has 1 heterocycles. The highest BCUT2D eigenvalue weighted by molar-refractivity contribution is 5.94. The van der Waals surface area contributed by atoms with Gasteiger partial charge in [-0.15, -0.1) is 0 Å². The number of piperazine rings is 1. The van der Waals surface area contributed by atoms with Gasteiger partial charge in [-0.3, -0.25) is 14.9 Å². The van der Waals surface area contributed by atoms with Crippen LogP contribution in [0.1, 0.15) is 27.5 Å². The van der Waals surface area contributed by atoms with E-state index in [1.807, 2.05) is 12.1 Å². The van der Waals surface area contributed by atoms with Crippen LogP contribution < -0.4 is 4.90 Å². The van der Waals surface area contributed by atoms with Crippen LogP contribution in [0.5, 0.6) is 0 Å². The Balaban J connectivity index is 1.50. The number of nitrogens with one attached hydrogen (secondary N) is 1. The summed E-state index contributed by atoms with van der Waals surface area (Å²) in [6.45, 7) is 2.87. The highest BCUT2D eigenvalue weighted by atomic mass is 16.6. The Bertz CT molecular complexity index is 977. The third-order valence-corrected chi connectivity index (χ3v) is 5.67. The first-order valence-corrected chi connectivity index (χ1v) is 10.1. The number of nitrogens with zero attached hydrogens (tertiary/aromatic N) is 2. The van der Waals surface area contributed by atoms with Crippen LogP contribution in [-0.2, 0) is 0 Å². The maximum absolute atomic E-state index is 12.9. The number of nitro benzene ring substituents is 1. The molecule has 0 aromatic heterocycles. The fraction of sp³-hybridized carbons (Fsp3) is 0.208. The van der Waals surface area contributed by atoms with E-state index in [4.69, 9.17) is 0 Å². The maximum atomic E-state index is 12.9. The summed E-state index contributed by atoms with van der Waals surface area (Å²) in [5.41, 5.74) is 2.84. The summed E-state index contributed by atoms with van der Waals surface area (Å²) in [7, 11) is 0. The summed E-state index contributed by atoms with van der Waals surface area (Å²) in [5.74, 6) is -0.145. The van der Waals surface area contributed by atoms with Gasteiger partial charge in [0.1, 0.15) is 6.04 Å². The van der Waals surface area contributed by atoms with Gasteiger partial charge < -0.3 is 9.80 Å². The van der Waals surface area contributed by atoms with Gasteiger partial charge in [0, 0.05) is 28.8 Å². The van der Waals surface area contributed by atoms with Crippen LogP contribution >= 0.6 is 0 Å². The molecule has 3 aromatic carbocycles. The lowest BCUT2D eigenvalue weighted by molar-refractivity contribution is -0.929. The van der Waals surface area contributed by atoms with E-state index in [-0.39, 0.29) is 17.6 Å². The van der Waals surface area contributed by atoms with E-state index >= 15 is 0 Å². The van der Waals surface area contributed by atoms with Crippen LogP contribution in [-0.4, -0.2) is 41.9 Å². The van der Waals surface area contributed by atoms with Crippen molar-refractivity contribution in [3.63, 3.8) is 0 Å². The molecule has 0 saturated carbocycles. The summed E-state index contributed by atoms with van der Waals surface area (Å²) >= 11 is 0. The molecule has 0 bridgehead atoms. The van der Waals surface area contributed by atoms with Gasteiger partial charge in [-0.1, -0.05) is 66.7 Å². The molecule has 0 spiro atoms. The fourth-order valence-electron chi connectivity index (χ4n) is 4.18. The highest BCUT2D eigenvalue weighted by Crippen LogP contribution is 2.20. The second-order valence-corrected chi connectivity index (χ2v) is 7.51. The number of carbonyl (C=O) groups is 1. The zero-order valence-corrected chi connectivity index (χ0v) is 16.6. The first kappa shape index (κ1) is 19.8. The summed E-state index contributed by atoms with van der Waals surface area (Å²) in [4.78, 5) is 26.6. The van der Waals surface area contributed by atoms with Crippen molar-refractivity contribution in [1.82, 2.24) is 4.90 Å². The number of carbonyl (C=O) groups excluding carboxylic acids is 1. The quantitative estimate of drug-likeness (QED) is 0.527. The third kappa shape index (κ3) is 4.23. The molecular weight excluding hydrogens is 378 g/mol. The van der Waals surface area contributed by atoms with Gasteiger partial charge in [0.2, 0.25) is 0 Å². The Labute approximate surface area is 175 Å². The number of quaternary nitrogens is 1. The minimum Gasteiger partial charge on any atom is -0.327 e. The second kappa shape index (κ2) is 8.88. The van der Waals surface area contributed by atoms with Gasteiger partial charge in [-0.2, -0.15) is 0 Å². The van der Waals surface area contributed by atoms with Crippen LogP contribution in [0.15, 0.2) is 84.9 Å². The third-order valence-electron chi connectivity index (χ3n) is 5.67. The lowest BCUT2D eigenvalue weighted by Gasteiger charge is -2.37. The average Bonchev–Trinajstić information content (AvgIpc) is 2.81. The smallest absolute Gasteiger partial charge is 0.270 e. The Hall–Kier alpha value is -3.51. The van der Waals surface area contributed by atoms with Crippen molar-refractivity contribution >= 4 is 11.6 Å². The lowest BCUT2D eigenvalue weighted by atomic mass is 9.96. The highest BCUT2D eigenvalue weighted by Gasteiger charge is 2.32. The first-order valence-electron chi connectivity index (χ1n) is 10.1. The van der Waals surface area contributed by atoms with Crippen LogP contribution in [0.3, 0.4) is 0 Å². The molecule has 6 heteroatoms. The number of nitro groups is 1. The maximum Gasteiger partial charge on any atom is 0.270 e. The number of non-ortho nitro benzene ring substituents is 1. The standard InChI is InChI=1S/C24H23N3O3/c28-24(21-12-7-13-22(18-21)27(29)30)26-16-14-25(15-17-26)23(19-8-3-1-4-9-19)20-10-5-2-6-11-20/h1-13,18,23H,14-17H2/p+1. The SMILES string of the molecule is O=C(c1cccc([N+](=O)[O-])c1)N1CC[NH+](C(c2ccccc2)c2ccccc2)CC1. The zero-order valence-electron chi connectivity index (χ0n) is 16.6. The fourth-order valence-corrected chi connectivity index (χ4v) is 4.18. The van der Waals surface area contributed by atoms with Crippen molar-refractivity contribution < 1.29 is 14.6 Å². The summed E-state index contributed by atoms with van der Waals surface area (Å²) in [6.07, 6.45) is 0. The van der Waals surface area contributed by atoms with E-state index < -0.39 is 4.92 Å². The zero-order chi connectivity index (χ0) is 20.9. The molecule has 30 heavy (non-hydrogen) atoms. The molecule has 1 fully saturated rings. The van der Waals surface area contributed by atoms with Crippen molar-refractivity contribution in [3.05, 3.63) is 112 Å². The minimum atomic E-state index is -0.469. The second-order valence-electron chi connectivity index (χ2n) is 7.51. The number of amides is 1. The molecule has 1 aliphatic heterocycles. The van der Waals surface area contributed by atoms with Crippen molar-refractivity contribution in [2.75, 3.05) is 26.2 Å². The number of benzene rings is 3. The van der Waals surface area contributed by atoms with Crippen molar-refractivity contribution in [2.45, 2.75) is 6.04 Å². The minimum absolute atomic E-state index is 0.0571. The number of rotatable bonds is 5. The van der Waals surface area contributed by atoms with Gasteiger partial charge in [0.15, 0.2) is 0 Å². The average molecular weight is 402 g/mol. The molecule has 4 rings (SSSR count). The van der Waals surface area contributed by atoms with Crippen LogP contribution in [0.25, 0.3) is 0 Å². The molecule has 0 atom stereocenters. The monoisotopic (exact) mass is 402 g/mol. The molecular formula is C24H24N3O3+. The molecule has 3 aromatic rings. The van der Waals surface area contributed by atoms with E-state index in [9.17, 15) is 14.9 Å². The Morgan fingerprint density at radius 1 is 0.867 bits per heavy atom. The first-order chi connectivity index (χ1) is 14.6. The molecule has 1 N–H and O–H groups in total. The van der Waals surface area contributed by atoms with E-state index in [2.05, 4.69) is 48.5 Å². The summed E-state index contributed by atoms with van der Waals surface area (Å²) in [6, 6.07) is 27.1. The molecule has 0 aliphatic carbocycles. The van der Waals surface area contributed by atoms with Crippen LogP contribution in [0.4, 0.5) is 5.69 Å². The van der Waals surface area contributed by atoms with Crippen molar-refractivity contribution in [2.24, 2.45) is 0 Å². The molecule has 0 unspecified atom stereocenters. The van der Waals surface area contributed by atoms with E-state index in [0.29, 0.717) is 18.7 Å². The normalized spacial score (nSPS) is 14.6. The summed E-state index contributed by atoms with van der Waals surface area (Å²) in [5, 5.41) is 11.0. The van der Waals surface area contributed by atoms with Crippen molar-refractivity contribution in [3.8, 4) is 0 Å². The van der Waals surface area contributed by atoms with E-state index in [1.165, 1.54) is 28.2 Å². The van der Waals surface area contributed by atoms with Gasteiger partial charge in [-0.05, 0) is 6.07 Å². The molecule has 152 valence electrons. The van der Waals surface area contributed by atoms with Gasteiger partial charge in [0.25, 0.3) is 11.6 Å². The predicted molar refractivity (Wildman–Crippen MR) is 114 cm³/mol. The Kier molecular flexibility index (Phi) is 5.86. The van der Waals surface area contributed by atoms with Gasteiger partial charge in [0.05, 0.1) is 31.1 Å². The molecule has 0 radical (unpaired) electrons. The molecule has 1 aliphatic rings. The Morgan fingerprint density at radius 3 is 1.97 bits per heavy atom. The predicted octanol–water partition coefficient (Wildman–Crippen LogP) is 2.73. The van der Waals surface area contributed by atoms with Crippen LogP contribution in [0.2, 0.25) is 0 Å². The number of hydrogen-bond acceptors (Lipinski definition) is 3. The number of hydrogen-bond donors (Lipinski definition) is 1. The molecule has 6 nitrogen and oxygen atoms in total. The van der Waals surface area contributed by atoms with E-state index in [1.54, 1.807) is 17.0 Å². The molecule has 1 amide bonds. The molecule has 1 saturated heterocycles. The van der Waals surface area contributed by atoms with E-state index in [0.717, 1.165) is 13.1 Å². The lowest BCUT2D eigenvalue weighted by Crippen LogP contribution is -3.15. The Morgan fingerprint density at radius 2 is 1.43 bits per heavy atom. The topological polar surface area (TPSA) is 67.9 Å². The van der Waals surface area contributed by atoms with Crippen LogP contribution in [0, 0.1) is 10.1 Å². The summed E-state index contributed by atoms with van der Waals surface area (Å²) < 4.78 is 0. The van der Waals surface area contributed by atoms with Gasteiger partial charge in [-0.25, -0.2) is 0 Å².